The molecule has 0 unspecified atom stereocenters. The quantitative estimate of drug-likeness (QED) is 0.484. The van der Waals surface area contributed by atoms with Gasteiger partial charge in [0.05, 0.1) is 18.8 Å². The second-order valence-corrected chi connectivity index (χ2v) is 11.1. The molecular formula is C25H29Cl3N2O4. The van der Waals surface area contributed by atoms with E-state index >= 15 is 0 Å². The zero-order valence-corrected chi connectivity index (χ0v) is 21.0. The summed E-state index contributed by atoms with van der Waals surface area (Å²) in [6.07, 6.45) is 3.64. The number of aliphatic hydroxyl groups excluding tert-OH is 1. The Morgan fingerprint density at radius 2 is 1.76 bits per heavy atom. The summed E-state index contributed by atoms with van der Waals surface area (Å²) >= 11 is 17.1. The highest BCUT2D eigenvalue weighted by Crippen LogP contribution is 2.39. The van der Waals surface area contributed by atoms with Crippen molar-refractivity contribution < 1.29 is 19.4 Å². The third kappa shape index (κ3) is 6.85. The largest absolute Gasteiger partial charge is 0.392 e. The van der Waals surface area contributed by atoms with E-state index in [-0.39, 0.29) is 18.8 Å². The molecule has 2 aliphatic rings. The van der Waals surface area contributed by atoms with Crippen molar-refractivity contribution in [1.29, 1.82) is 0 Å². The first-order valence-electron chi connectivity index (χ1n) is 11.5. The van der Waals surface area contributed by atoms with E-state index in [4.69, 9.17) is 44.3 Å². The Labute approximate surface area is 215 Å². The van der Waals surface area contributed by atoms with Gasteiger partial charge in [0, 0.05) is 24.2 Å². The monoisotopic (exact) mass is 526 g/mol. The second-order valence-electron chi connectivity index (χ2n) is 8.79. The molecule has 4 rings (SSSR count). The number of anilines is 1. The van der Waals surface area contributed by atoms with E-state index < -0.39 is 16.0 Å². The zero-order valence-electron chi connectivity index (χ0n) is 18.8. The highest BCUT2D eigenvalue weighted by molar-refractivity contribution is 6.76. The number of piperidine rings is 1. The fraction of sp³-hybridized carbons (Fsp3) is 0.480. The van der Waals surface area contributed by atoms with E-state index in [2.05, 4.69) is 10.2 Å². The van der Waals surface area contributed by atoms with Crippen LogP contribution >= 0.6 is 34.8 Å². The lowest BCUT2D eigenvalue weighted by Crippen LogP contribution is -2.41. The molecule has 34 heavy (non-hydrogen) atoms. The third-order valence-corrected chi connectivity index (χ3v) is 6.71. The molecule has 2 saturated heterocycles. The van der Waals surface area contributed by atoms with Gasteiger partial charge in [-0.1, -0.05) is 77.6 Å². The van der Waals surface area contributed by atoms with E-state index in [1.54, 1.807) is 18.2 Å². The molecule has 0 radical (unpaired) electrons. The number of hydrogen-bond donors (Lipinski definition) is 2. The molecule has 1 amide bonds. The lowest BCUT2D eigenvalue weighted by atomic mass is 9.99. The van der Waals surface area contributed by atoms with Gasteiger partial charge in [-0.2, -0.15) is 0 Å². The molecule has 0 saturated carbocycles. The average Bonchev–Trinajstić information content (AvgIpc) is 2.84. The number of carbonyl (C=O) groups is 1. The molecule has 2 aromatic rings. The van der Waals surface area contributed by atoms with Gasteiger partial charge in [0.1, 0.15) is 0 Å². The molecule has 2 N–H and O–H groups in total. The van der Waals surface area contributed by atoms with E-state index in [1.807, 2.05) is 30.3 Å². The van der Waals surface area contributed by atoms with Gasteiger partial charge in [0.15, 0.2) is 6.29 Å². The Hall–Kier alpha value is -1.38. The maximum atomic E-state index is 12.1. The van der Waals surface area contributed by atoms with Gasteiger partial charge < -0.3 is 24.8 Å². The van der Waals surface area contributed by atoms with Crippen molar-refractivity contribution in [3.05, 3.63) is 65.2 Å². The summed E-state index contributed by atoms with van der Waals surface area (Å²) in [5.74, 6) is -0.732. The highest BCUT2D eigenvalue weighted by atomic mass is 35.6. The minimum Gasteiger partial charge on any atom is -0.392 e. The highest BCUT2D eigenvalue weighted by Gasteiger charge is 2.34. The van der Waals surface area contributed by atoms with Gasteiger partial charge in [0.25, 0.3) is 9.70 Å². The van der Waals surface area contributed by atoms with Crippen molar-refractivity contribution in [3.63, 3.8) is 0 Å². The van der Waals surface area contributed by atoms with Crippen molar-refractivity contribution in [2.75, 3.05) is 25.0 Å². The topological polar surface area (TPSA) is 71.0 Å². The smallest absolute Gasteiger partial charge is 0.276 e. The van der Waals surface area contributed by atoms with Crippen molar-refractivity contribution in [2.45, 2.75) is 54.6 Å². The lowest BCUT2D eigenvalue weighted by Gasteiger charge is -2.39. The van der Waals surface area contributed by atoms with Crippen LogP contribution in [-0.2, 0) is 20.9 Å². The predicted molar refractivity (Wildman–Crippen MR) is 134 cm³/mol. The van der Waals surface area contributed by atoms with Gasteiger partial charge in [-0.3, -0.25) is 4.79 Å². The summed E-state index contributed by atoms with van der Waals surface area (Å²) < 4.78 is 10.7. The number of benzene rings is 2. The number of hydrogen-bond acceptors (Lipinski definition) is 5. The molecule has 2 heterocycles. The summed E-state index contributed by atoms with van der Waals surface area (Å²) in [5, 5.41) is 12.0. The van der Waals surface area contributed by atoms with Gasteiger partial charge in [-0.25, -0.2) is 0 Å². The lowest BCUT2D eigenvalue weighted by molar-refractivity contribution is -0.253. The summed E-state index contributed by atoms with van der Waals surface area (Å²) in [7, 11) is 0. The van der Waals surface area contributed by atoms with Crippen LogP contribution in [0.5, 0.6) is 0 Å². The first-order chi connectivity index (χ1) is 16.3. The Balaban J connectivity index is 1.54. The maximum Gasteiger partial charge on any atom is 0.276 e. The van der Waals surface area contributed by atoms with Crippen LogP contribution in [0.4, 0.5) is 5.69 Å². The van der Waals surface area contributed by atoms with Gasteiger partial charge in [-0.05, 0) is 49.2 Å². The van der Waals surface area contributed by atoms with Crippen molar-refractivity contribution in [2.24, 2.45) is 0 Å². The van der Waals surface area contributed by atoms with Crippen molar-refractivity contribution in [1.82, 2.24) is 4.90 Å². The molecule has 2 fully saturated rings. The predicted octanol–water partition coefficient (Wildman–Crippen LogP) is 5.52. The molecule has 3 atom stereocenters. The molecule has 184 valence electrons. The minimum absolute atomic E-state index is 0.00182. The van der Waals surface area contributed by atoms with E-state index in [0.29, 0.717) is 5.69 Å². The summed E-state index contributed by atoms with van der Waals surface area (Å²) in [6, 6.07) is 15.0. The molecule has 2 aliphatic heterocycles. The van der Waals surface area contributed by atoms with Crippen LogP contribution in [0, 0.1) is 0 Å². The zero-order chi connectivity index (χ0) is 24.1. The van der Waals surface area contributed by atoms with Crippen LogP contribution in [0.1, 0.15) is 54.8 Å². The van der Waals surface area contributed by atoms with Gasteiger partial charge in [0.2, 0.25) is 0 Å². The number of amides is 1. The van der Waals surface area contributed by atoms with E-state index in [9.17, 15) is 9.90 Å². The number of ether oxygens (including phenoxy) is 2. The van der Waals surface area contributed by atoms with E-state index in [1.165, 1.54) is 19.3 Å². The minimum atomic E-state index is -2.06. The number of nitrogens with zero attached hydrogens (tertiary/aromatic N) is 1. The van der Waals surface area contributed by atoms with Gasteiger partial charge >= 0.3 is 0 Å². The molecule has 9 heteroatoms. The number of likely N-dealkylation sites (tertiary alicyclic amines) is 1. The number of aliphatic hydroxyl groups is 1. The fourth-order valence-electron chi connectivity index (χ4n) is 4.43. The first kappa shape index (κ1) is 25.7. The van der Waals surface area contributed by atoms with Crippen LogP contribution in [0.25, 0.3) is 0 Å². The molecular weight excluding hydrogens is 499 g/mol. The van der Waals surface area contributed by atoms with Crippen molar-refractivity contribution >= 4 is 46.4 Å². The number of carbonyl (C=O) groups excluding carboxylic acids is 1. The number of nitrogens with one attached hydrogen (secondary N) is 1. The van der Waals surface area contributed by atoms with Crippen LogP contribution in [0.2, 0.25) is 0 Å². The van der Waals surface area contributed by atoms with Crippen LogP contribution in [0.3, 0.4) is 0 Å². The fourth-order valence-corrected chi connectivity index (χ4v) is 4.57. The third-order valence-electron chi connectivity index (χ3n) is 6.20. The Bertz CT molecular complexity index is 961. The molecule has 0 aliphatic carbocycles. The Morgan fingerprint density at radius 3 is 2.44 bits per heavy atom. The number of rotatable bonds is 6. The normalized spacial score (nSPS) is 24.1. The molecule has 2 aromatic carbocycles. The SMILES string of the molecule is O=C(Nc1cccc([C@@H]2O[C@H](CN3CCCCC3)C[C@H](c3ccc(CO)cc3)O2)c1)C(Cl)(Cl)Cl. The average molecular weight is 528 g/mol. The van der Waals surface area contributed by atoms with Crippen LogP contribution < -0.4 is 5.32 Å². The Morgan fingerprint density at radius 1 is 1.03 bits per heavy atom. The molecule has 0 aromatic heterocycles. The standard InChI is InChI=1S/C25H29Cl3N2O4/c26-25(27,28)24(32)29-20-6-4-5-19(13-20)23-33-21(15-30-11-2-1-3-12-30)14-22(34-23)18-9-7-17(16-31)8-10-18/h4-10,13,21-23,31H,1-3,11-12,14-16H2,(H,29,32)/t21-,22+,23+/m0/s1. The number of alkyl halides is 3. The van der Waals surface area contributed by atoms with Crippen molar-refractivity contribution in [3.8, 4) is 0 Å². The van der Waals surface area contributed by atoms with Gasteiger partial charge in [-0.15, -0.1) is 0 Å². The van der Waals surface area contributed by atoms with Crippen LogP contribution in [0.15, 0.2) is 48.5 Å². The second kappa shape index (κ2) is 11.6. The summed E-state index contributed by atoms with van der Waals surface area (Å²) in [4.78, 5) is 14.6. The summed E-state index contributed by atoms with van der Waals surface area (Å²) in [5.41, 5.74) is 3.15. The molecule has 6 nitrogen and oxygen atoms in total. The van der Waals surface area contributed by atoms with E-state index in [0.717, 1.165) is 42.7 Å². The maximum absolute atomic E-state index is 12.1. The van der Waals surface area contributed by atoms with Crippen LogP contribution in [-0.4, -0.2) is 45.4 Å². The summed E-state index contributed by atoms with van der Waals surface area (Å²) in [6.45, 7) is 3.01. The Kier molecular flexibility index (Phi) is 8.75. The first-order valence-corrected chi connectivity index (χ1v) is 12.7. The molecule has 0 spiro atoms. The molecule has 0 bridgehead atoms. The number of halogens is 3.